The number of hydrogen-bond acceptors (Lipinski definition) is 1. The Morgan fingerprint density at radius 2 is 2.33 bits per heavy atom. The van der Waals surface area contributed by atoms with E-state index in [4.69, 9.17) is 0 Å². The summed E-state index contributed by atoms with van der Waals surface area (Å²) >= 11 is 3.32. The first-order valence-electron chi connectivity index (χ1n) is 5.02. The van der Waals surface area contributed by atoms with Crippen molar-refractivity contribution < 1.29 is 4.39 Å². The highest BCUT2D eigenvalue weighted by molar-refractivity contribution is 9.10. The van der Waals surface area contributed by atoms with E-state index in [9.17, 15) is 4.39 Å². The number of halogens is 2. The predicted octanol–water partition coefficient (Wildman–Crippen LogP) is 3.45. The Hall–Kier alpha value is -0.900. The summed E-state index contributed by atoms with van der Waals surface area (Å²) in [6, 6.07) is 3.84. The lowest BCUT2D eigenvalue weighted by atomic mass is 10.2. The quantitative estimate of drug-likeness (QED) is 0.716. The summed E-state index contributed by atoms with van der Waals surface area (Å²) in [7, 11) is 0. The molecular weight excluding hydrogens is 259 g/mol. The summed E-state index contributed by atoms with van der Waals surface area (Å²) in [5.74, 6) is 0.767. The largest absolute Gasteiger partial charge is 0.325 e. The van der Waals surface area contributed by atoms with Crippen LogP contribution in [-0.2, 0) is 6.42 Å². The number of hydrogen-bond donors (Lipinski definition) is 0. The molecule has 0 N–H and O–H groups in total. The van der Waals surface area contributed by atoms with Crippen LogP contribution < -0.4 is 0 Å². The number of imidazole rings is 1. The van der Waals surface area contributed by atoms with Gasteiger partial charge in [0, 0.05) is 16.9 Å². The van der Waals surface area contributed by atoms with Crippen molar-refractivity contribution in [3.05, 3.63) is 28.2 Å². The molecule has 78 valence electrons. The molecule has 1 aromatic carbocycles. The van der Waals surface area contributed by atoms with Crippen molar-refractivity contribution in [2.45, 2.75) is 25.8 Å². The zero-order valence-electron chi connectivity index (χ0n) is 8.30. The van der Waals surface area contributed by atoms with Gasteiger partial charge in [-0.1, -0.05) is 15.9 Å². The Morgan fingerprint density at radius 3 is 3.13 bits per heavy atom. The Bertz CT molecular complexity index is 547. The Labute approximate surface area is 95.2 Å². The molecule has 0 bridgehead atoms. The number of rotatable bonds is 0. The minimum absolute atomic E-state index is 0.242. The van der Waals surface area contributed by atoms with Gasteiger partial charge in [-0.15, -0.1) is 0 Å². The third-order valence-electron chi connectivity index (χ3n) is 3.01. The lowest BCUT2D eigenvalue weighted by molar-refractivity contribution is 0.595. The number of aryl methyl sites for hydroxylation is 1. The second-order valence-electron chi connectivity index (χ2n) is 4.04. The average molecular weight is 269 g/mol. The van der Waals surface area contributed by atoms with Crippen molar-refractivity contribution in [3.63, 3.8) is 0 Å². The normalized spacial score (nSPS) is 19.8. The SMILES string of the molecule is C[C@H]1CCc2nc3c(F)cc(Br)cc3n21. The van der Waals surface area contributed by atoms with E-state index >= 15 is 0 Å². The second kappa shape index (κ2) is 3.04. The van der Waals surface area contributed by atoms with Gasteiger partial charge in [-0.25, -0.2) is 9.37 Å². The third kappa shape index (κ3) is 1.24. The van der Waals surface area contributed by atoms with E-state index in [0.29, 0.717) is 11.6 Å². The van der Waals surface area contributed by atoms with E-state index in [1.165, 1.54) is 6.07 Å². The monoisotopic (exact) mass is 268 g/mol. The zero-order valence-corrected chi connectivity index (χ0v) is 9.88. The van der Waals surface area contributed by atoms with E-state index < -0.39 is 0 Å². The van der Waals surface area contributed by atoms with Gasteiger partial charge in [0.2, 0.25) is 0 Å². The van der Waals surface area contributed by atoms with Crippen molar-refractivity contribution in [1.82, 2.24) is 9.55 Å². The first-order valence-corrected chi connectivity index (χ1v) is 5.82. The van der Waals surface area contributed by atoms with Gasteiger partial charge in [-0.3, -0.25) is 0 Å². The highest BCUT2D eigenvalue weighted by atomic mass is 79.9. The maximum atomic E-state index is 13.6. The van der Waals surface area contributed by atoms with Crippen molar-refractivity contribution in [1.29, 1.82) is 0 Å². The molecule has 2 heterocycles. The van der Waals surface area contributed by atoms with Gasteiger partial charge in [0.25, 0.3) is 0 Å². The Balaban J connectivity index is 2.41. The molecule has 0 saturated heterocycles. The van der Waals surface area contributed by atoms with Gasteiger partial charge in [0.05, 0.1) is 5.52 Å². The second-order valence-corrected chi connectivity index (χ2v) is 4.96. The summed E-state index contributed by atoms with van der Waals surface area (Å²) in [6.45, 7) is 2.15. The van der Waals surface area contributed by atoms with E-state index in [1.54, 1.807) is 0 Å². The van der Waals surface area contributed by atoms with Gasteiger partial charge in [0.1, 0.15) is 11.3 Å². The minimum Gasteiger partial charge on any atom is -0.325 e. The smallest absolute Gasteiger partial charge is 0.152 e. The standard InChI is InChI=1S/C11H10BrFN2/c1-6-2-3-10-14-11-8(13)4-7(12)5-9(11)15(6)10/h4-6H,2-3H2,1H3/t6-/m0/s1. The maximum Gasteiger partial charge on any atom is 0.152 e. The highest BCUT2D eigenvalue weighted by Gasteiger charge is 2.23. The van der Waals surface area contributed by atoms with Crippen LogP contribution in [0.4, 0.5) is 4.39 Å². The fourth-order valence-corrected chi connectivity index (χ4v) is 2.72. The molecule has 0 radical (unpaired) electrons. The van der Waals surface area contributed by atoms with E-state index in [1.807, 2.05) is 6.07 Å². The summed E-state index contributed by atoms with van der Waals surface area (Å²) in [4.78, 5) is 4.35. The van der Waals surface area contributed by atoms with Crippen molar-refractivity contribution >= 4 is 27.0 Å². The molecule has 2 aromatic rings. The number of benzene rings is 1. The van der Waals surface area contributed by atoms with Gasteiger partial charge < -0.3 is 4.57 Å². The van der Waals surface area contributed by atoms with Crippen LogP contribution in [0.1, 0.15) is 25.2 Å². The molecule has 0 aliphatic carbocycles. The molecule has 0 unspecified atom stereocenters. The molecule has 15 heavy (non-hydrogen) atoms. The summed E-state index contributed by atoms with van der Waals surface area (Å²) in [5, 5.41) is 0. The molecule has 2 nitrogen and oxygen atoms in total. The molecule has 1 aliphatic rings. The van der Waals surface area contributed by atoms with Crippen LogP contribution in [0, 0.1) is 5.82 Å². The van der Waals surface area contributed by atoms with Gasteiger partial charge in [0.15, 0.2) is 5.82 Å². The van der Waals surface area contributed by atoms with Crippen LogP contribution in [0.5, 0.6) is 0 Å². The van der Waals surface area contributed by atoms with E-state index in [0.717, 1.165) is 28.7 Å². The third-order valence-corrected chi connectivity index (χ3v) is 3.47. The van der Waals surface area contributed by atoms with Crippen LogP contribution in [0.2, 0.25) is 0 Å². The Kier molecular flexibility index (Phi) is 1.89. The van der Waals surface area contributed by atoms with Crippen molar-refractivity contribution in [2.24, 2.45) is 0 Å². The number of aromatic nitrogens is 2. The fraction of sp³-hybridized carbons (Fsp3) is 0.364. The minimum atomic E-state index is -0.242. The van der Waals surface area contributed by atoms with Gasteiger partial charge >= 0.3 is 0 Å². The summed E-state index contributed by atoms with van der Waals surface area (Å²) < 4.78 is 16.5. The first-order chi connectivity index (χ1) is 7.16. The lowest BCUT2D eigenvalue weighted by Gasteiger charge is -2.07. The first kappa shape index (κ1) is 9.33. The number of nitrogens with zero attached hydrogens (tertiary/aromatic N) is 2. The fourth-order valence-electron chi connectivity index (χ4n) is 2.30. The summed E-state index contributed by atoms with van der Waals surface area (Å²) in [6.07, 6.45) is 2.05. The maximum absolute atomic E-state index is 13.6. The van der Waals surface area contributed by atoms with Gasteiger partial charge in [-0.2, -0.15) is 0 Å². The summed E-state index contributed by atoms with van der Waals surface area (Å²) in [5.41, 5.74) is 1.40. The van der Waals surface area contributed by atoms with Crippen molar-refractivity contribution in [3.8, 4) is 0 Å². The molecule has 0 spiro atoms. The zero-order chi connectivity index (χ0) is 10.6. The molecule has 0 fully saturated rings. The molecule has 1 aromatic heterocycles. The number of fused-ring (bicyclic) bond motifs is 3. The van der Waals surface area contributed by atoms with Crippen LogP contribution in [-0.4, -0.2) is 9.55 Å². The topological polar surface area (TPSA) is 17.8 Å². The van der Waals surface area contributed by atoms with Crippen LogP contribution in [0.3, 0.4) is 0 Å². The van der Waals surface area contributed by atoms with E-state index in [2.05, 4.69) is 32.4 Å². The van der Waals surface area contributed by atoms with Gasteiger partial charge in [-0.05, 0) is 25.5 Å². The van der Waals surface area contributed by atoms with Crippen LogP contribution >= 0.6 is 15.9 Å². The average Bonchev–Trinajstić information content (AvgIpc) is 2.68. The van der Waals surface area contributed by atoms with Crippen molar-refractivity contribution in [2.75, 3.05) is 0 Å². The molecule has 0 saturated carbocycles. The predicted molar refractivity (Wildman–Crippen MR) is 60.4 cm³/mol. The molecule has 1 atom stereocenters. The highest BCUT2D eigenvalue weighted by Crippen LogP contribution is 2.32. The molecule has 0 amide bonds. The van der Waals surface area contributed by atoms with Crippen LogP contribution in [0.15, 0.2) is 16.6 Å². The molecule has 1 aliphatic heterocycles. The van der Waals surface area contributed by atoms with E-state index in [-0.39, 0.29) is 5.82 Å². The molecule has 4 heteroatoms. The van der Waals surface area contributed by atoms with Crippen LogP contribution in [0.25, 0.3) is 11.0 Å². The lowest BCUT2D eigenvalue weighted by Crippen LogP contribution is -1.98. The molecule has 3 rings (SSSR count). The molecular formula is C11H10BrFN2. The Morgan fingerprint density at radius 1 is 1.53 bits per heavy atom.